The van der Waals surface area contributed by atoms with Crippen LogP contribution in [0, 0.1) is 6.92 Å². The Kier molecular flexibility index (Phi) is 4.73. The summed E-state index contributed by atoms with van der Waals surface area (Å²) in [6, 6.07) is 1.80. The third kappa shape index (κ3) is 3.79. The lowest BCUT2D eigenvalue weighted by molar-refractivity contribution is -0.0510. The van der Waals surface area contributed by atoms with Gasteiger partial charge in [-0.1, -0.05) is 6.08 Å². The molecule has 136 valence electrons. The van der Waals surface area contributed by atoms with Gasteiger partial charge in [0.2, 0.25) is 5.88 Å². The summed E-state index contributed by atoms with van der Waals surface area (Å²) in [4.78, 5) is 18.8. The summed E-state index contributed by atoms with van der Waals surface area (Å²) < 4.78 is 16.4. The molecule has 6 nitrogen and oxygen atoms in total. The van der Waals surface area contributed by atoms with E-state index in [1.165, 1.54) is 5.57 Å². The smallest absolute Gasteiger partial charge is 0.411 e. The molecule has 3 heterocycles. The average Bonchev–Trinajstić information content (AvgIpc) is 2.51. The van der Waals surface area contributed by atoms with Crippen LogP contribution in [0.3, 0.4) is 0 Å². The molecule has 1 amide bonds. The van der Waals surface area contributed by atoms with Gasteiger partial charge in [-0.25, -0.2) is 9.78 Å². The summed E-state index contributed by atoms with van der Waals surface area (Å²) in [5, 5.41) is 0. The molecule has 2 atom stereocenters. The molecule has 25 heavy (non-hydrogen) atoms. The fourth-order valence-electron chi connectivity index (χ4n) is 3.37. The van der Waals surface area contributed by atoms with Crippen LogP contribution in [0.2, 0.25) is 0 Å². The number of methoxy groups -OCH3 is 1. The Morgan fingerprint density at radius 2 is 2.12 bits per heavy atom. The lowest BCUT2D eigenvalue weighted by Crippen LogP contribution is -2.57. The van der Waals surface area contributed by atoms with Crippen LogP contribution < -0.4 is 4.74 Å². The molecule has 0 aliphatic carbocycles. The lowest BCUT2D eigenvalue weighted by Gasteiger charge is -2.44. The molecule has 1 aromatic heterocycles. The van der Waals surface area contributed by atoms with E-state index in [0.29, 0.717) is 19.1 Å². The first kappa shape index (κ1) is 17.7. The summed E-state index contributed by atoms with van der Waals surface area (Å²) in [5.41, 5.74) is 2.90. The number of nitrogens with zero attached hydrogens (tertiary/aromatic N) is 2. The Bertz CT molecular complexity index is 693. The number of pyridine rings is 1. The number of aryl methyl sites for hydroxylation is 1. The van der Waals surface area contributed by atoms with Crippen LogP contribution in [0.1, 0.15) is 38.3 Å². The summed E-state index contributed by atoms with van der Waals surface area (Å²) in [6.07, 6.45) is 4.41. The minimum atomic E-state index is -0.507. The number of aromatic nitrogens is 1. The number of ether oxygens (including phenoxy) is 3. The molecule has 0 spiro atoms. The van der Waals surface area contributed by atoms with Crippen LogP contribution in [0.5, 0.6) is 5.88 Å². The number of carbonyl (C=O) groups is 1. The summed E-state index contributed by atoms with van der Waals surface area (Å²) in [5.74, 6) is 0.608. The van der Waals surface area contributed by atoms with Crippen LogP contribution in [-0.2, 0) is 9.47 Å². The summed E-state index contributed by atoms with van der Waals surface area (Å²) in [7, 11) is 1.61. The van der Waals surface area contributed by atoms with E-state index in [2.05, 4.69) is 11.1 Å². The zero-order chi connectivity index (χ0) is 18.2. The third-order valence-corrected chi connectivity index (χ3v) is 4.44. The highest BCUT2D eigenvalue weighted by Gasteiger charge is 2.40. The molecule has 2 bridgehead atoms. The molecule has 0 N–H and O–H groups in total. The summed E-state index contributed by atoms with van der Waals surface area (Å²) >= 11 is 0. The molecule has 0 saturated carbocycles. The molecular weight excluding hydrogens is 320 g/mol. The molecule has 2 unspecified atom stereocenters. The number of carbonyl (C=O) groups excluding carboxylic acids is 1. The molecule has 3 rings (SSSR count). The van der Waals surface area contributed by atoms with Crippen molar-refractivity contribution in [2.45, 2.75) is 51.8 Å². The van der Waals surface area contributed by atoms with Crippen molar-refractivity contribution in [2.24, 2.45) is 0 Å². The van der Waals surface area contributed by atoms with E-state index in [9.17, 15) is 4.79 Å². The van der Waals surface area contributed by atoms with E-state index < -0.39 is 5.60 Å². The highest BCUT2D eigenvalue weighted by Crippen LogP contribution is 2.35. The first-order valence-corrected chi connectivity index (χ1v) is 8.59. The van der Waals surface area contributed by atoms with Crippen molar-refractivity contribution in [2.75, 3.05) is 20.3 Å². The Morgan fingerprint density at radius 3 is 2.72 bits per heavy atom. The van der Waals surface area contributed by atoms with Crippen molar-refractivity contribution in [1.29, 1.82) is 0 Å². The van der Waals surface area contributed by atoms with Crippen molar-refractivity contribution < 1.29 is 19.0 Å². The van der Waals surface area contributed by atoms with Gasteiger partial charge in [-0.05, 0) is 50.8 Å². The first-order valence-electron chi connectivity index (χ1n) is 8.59. The summed E-state index contributed by atoms with van der Waals surface area (Å²) in [6.45, 7) is 8.71. The third-order valence-electron chi connectivity index (χ3n) is 4.44. The number of fused-ring (bicyclic) bond motifs is 2. The van der Waals surface area contributed by atoms with Crippen molar-refractivity contribution in [3.63, 3.8) is 0 Å². The van der Waals surface area contributed by atoms with Crippen molar-refractivity contribution in [3.8, 4) is 5.88 Å². The quantitative estimate of drug-likeness (QED) is 0.823. The van der Waals surface area contributed by atoms with Crippen LogP contribution >= 0.6 is 0 Å². The monoisotopic (exact) mass is 346 g/mol. The van der Waals surface area contributed by atoms with E-state index in [0.717, 1.165) is 17.5 Å². The van der Waals surface area contributed by atoms with E-state index in [1.54, 1.807) is 7.11 Å². The topological polar surface area (TPSA) is 60.9 Å². The normalized spacial score (nSPS) is 23.1. The van der Waals surface area contributed by atoms with E-state index in [-0.39, 0.29) is 18.2 Å². The van der Waals surface area contributed by atoms with Gasteiger partial charge in [-0.3, -0.25) is 4.90 Å². The average molecular weight is 346 g/mol. The van der Waals surface area contributed by atoms with Gasteiger partial charge in [0.25, 0.3) is 0 Å². The lowest BCUT2D eigenvalue weighted by atomic mass is 9.89. The zero-order valence-electron chi connectivity index (χ0n) is 15.5. The van der Waals surface area contributed by atoms with Gasteiger partial charge in [0.1, 0.15) is 5.60 Å². The van der Waals surface area contributed by atoms with Crippen LogP contribution in [0.15, 0.2) is 18.3 Å². The molecule has 2 aliphatic rings. The molecule has 6 heteroatoms. The molecule has 1 aromatic rings. The van der Waals surface area contributed by atoms with E-state index in [4.69, 9.17) is 14.2 Å². The van der Waals surface area contributed by atoms with Gasteiger partial charge in [0.15, 0.2) is 0 Å². The SMILES string of the molecule is COc1cc(C)c(C2=CC3COCC(C2)N3C(=O)OC(C)(C)C)cn1. The largest absolute Gasteiger partial charge is 0.481 e. The highest BCUT2D eigenvalue weighted by atomic mass is 16.6. The second kappa shape index (κ2) is 6.67. The number of rotatable bonds is 2. The molecule has 1 fully saturated rings. The molecule has 1 saturated heterocycles. The molecule has 0 aromatic carbocycles. The minimum absolute atomic E-state index is 0.0184. The van der Waals surface area contributed by atoms with Crippen LogP contribution in [-0.4, -0.2) is 54.0 Å². The maximum Gasteiger partial charge on any atom is 0.411 e. The second-order valence-corrected chi connectivity index (χ2v) is 7.58. The molecule has 2 aliphatic heterocycles. The fourth-order valence-corrected chi connectivity index (χ4v) is 3.37. The predicted octanol–water partition coefficient (Wildman–Crippen LogP) is 3.19. The maximum atomic E-state index is 12.6. The van der Waals surface area contributed by atoms with Crippen LogP contribution in [0.25, 0.3) is 5.57 Å². The van der Waals surface area contributed by atoms with Gasteiger partial charge in [-0.2, -0.15) is 0 Å². The molecule has 0 radical (unpaired) electrons. The minimum Gasteiger partial charge on any atom is -0.481 e. The van der Waals surface area contributed by atoms with E-state index in [1.807, 2.05) is 44.9 Å². The number of amides is 1. The first-order chi connectivity index (χ1) is 11.8. The van der Waals surface area contributed by atoms with Gasteiger partial charge in [0, 0.05) is 12.3 Å². The van der Waals surface area contributed by atoms with Gasteiger partial charge >= 0.3 is 6.09 Å². The number of morpholine rings is 1. The van der Waals surface area contributed by atoms with Crippen LogP contribution in [0.4, 0.5) is 4.79 Å². The van der Waals surface area contributed by atoms with Crippen molar-refractivity contribution in [1.82, 2.24) is 9.88 Å². The Balaban J connectivity index is 1.87. The predicted molar refractivity (Wildman–Crippen MR) is 94.6 cm³/mol. The van der Waals surface area contributed by atoms with Gasteiger partial charge in [0.05, 0.1) is 32.4 Å². The standard InChI is InChI=1S/C19H26N2O4/c1-12-6-17(23-5)20-9-16(12)13-7-14-10-24-11-15(8-13)21(14)18(22)25-19(2,3)4/h6-7,9,14-15H,8,10-11H2,1-5H3. The Hall–Kier alpha value is -2.08. The maximum absolute atomic E-state index is 12.6. The Morgan fingerprint density at radius 1 is 1.36 bits per heavy atom. The number of hydrogen-bond acceptors (Lipinski definition) is 5. The van der Waals surface area contributed by atoms with Crippen molar-refractivity contribution >= 4 is 11.7 Å². The second-order valence-electron chi connectivity index (χ2n) is 7.58. The fraction of sp³-hybridized carbons (Fsp3) is 0.579. The van der Waals surface area contributed by atoms with Gasteiger partial charge in [-0.15, -0.1) is 0 Å². The molecular formula is C19H26N2O4. The van der Waals surface area contributed by atoms with Gasteiger partial charge < -0.3 is 14.2 Å². The number of hydrogen-bond donors (Lipinski definition) is 0. The van der Waals surface area contributed by atoms with E-state index >= 15 is 0 Å². The van der Waals surface area contributed by atoms with Crippen molar-refractivity contribution in [3.05, 3.63) is 29.5 Å². The zero-order valence-corrected chi connectivity index (χ0v) is 15.5. The Labute approximate surface area is 148 Å². The highest BCUT2D eigenvalue weighted by molar-refractivity contribution is 5.75.